The molecule has 0 bridgehead atoms. The fraction of sp³-hybridized carbons (Fsp3) is 0.583. The van der Waals surface area contributed by atoms with Crippen molar-refractivity contribution in [2.24, 2.45) is 11.8 Å². The van der Waals surface area contributed by atoms with E-state index in [1.165, 1.54) is 0 Å². The van der Waals surface area contributed by atoms with Crippen molar-refractivity contribution in [2.75, 3.05) is 11.5 Å². The molecular weight excluding hydrogens is 250 g/mol. The third-order valence-electron chi connectivity index (χ3n) is 3.55. The molecule has 1 saturated heterocycles. The molecule has 3 N–H and O–H groups in total. The van der Waals surface area contributed by atoms with Crippen LogP contribution in [-0.2, 0) is 9.84 Å². The van der Waals surface area contributed by atoms with Crippen molar-refractivity contribution in [3.63, 3.8) is 0 Å². The average Bonchev–Trinajstić information content (AvgIpc) is 2.67. The summed E-state index contributed by atoms with van der Waals surface area (Å²) in [5.74, 6) is 6.37. The Labute approximate surface area is 108 Å². The number of pyridine rings is 1. The van der Waals surface area contributed by atoms with Gasteiger partial charge >= 0.3 is 0 Å². The van der Waals surface area contributed by atoms with Gasteiger partial charge in [0, 0.05) is 18.4 Å². The molecule has 1 aromatic heterocycles. The monoisotopic (exact) mass is 269 g/mol. The van der Waals surface area contributed by atoms with E-state index < -0.39 is 9.84 Å². The molecule has 2 rings (SSSR count). The van der Waals surface area contributed by atoms with Crippen LogP contribution in [0.4, 0.5) is 0 Å². The molecule has 2 unspecified atom stereocenters. The molecule has 0 aliphatic carbocycles. The minimum absolute atomic E-state index is 0.0306. The molecule has 0 radical (unpaired) electrons. The van der Waals surface area contributed by atoms with Crippen LogP contribution in [0.25, 0.3) is 0 Å². The number of aryl methyl sites for hydroxylation is 1. The fourth-order valence-electron chi connectivity index (χ4n) is 2.52. The van der Waals surface area contributed by atoms with E-state index in [0.717, 1.165) is 24.0 Å². The van der Waals surface area contributed by atoms with Gasteiger partial charge in [0.05, 0.1) is 11.5 Å². The second kappa shape index (κ2) is 5.34. The number of hydrazine groups is 1. The van der Waals surface area contributed by atoms with Crippen LogP contribution in [0, 0.1) is 12.8 Å². The van der Waals surface area contributed by atoms with Gasteiger partial charge in [0.2, 0.25) is 0 Å². The topological polar surface area (TPSA) is 85.1 Å². The van der Waals surface area contributed by atoms with E-state index in [9.17, 15) is 8.42 Å². The first kappa shape index (κ1) is 13.5. The Kier molecular flexibility index (Phi) is 3.99. The molecule has 0 aromatic carbocycles. The number of nitrogens with zero attached hydrogens (tertiary/aromatic N) is 1. The third kappa shape index (κ3) is 3.07. The molecule has 0 spiro atoms. The lowest BCUT2D eigenvalue weighted by Gasteiger charge is -2.20. The SMILES string of the molecule is Cc1ccncc1C(CC1CCS(=O)(=O)C1)NN. The van der Waals surface area contributed by atoms with Gasteiger partial charge in [-0.2, -0.15) is 0 Å². The van der Waals surface area contributed by atoms with E-state index in [0.29, 0.717) is 5.75 Å². The van der Waals surface area contributed by atoms with Crippen molar-refractivity contribution in [3.8, 4) is 0 Å². The summed E-state index contributed by atoms with van der Waals surface area (Å²) in [5.41, 5.74) is 4.94. The molecule has 0 saturated carbocycles. The highest BCUT2D eigenvalue weighted by molar-refractivity contribution is 7.91. The van der Waals surface area contributed by atoms with Crippen LogP contribution >= 0.6 is 0 Å². The number of rotatable bonds is 4. The van der Waals surface area contributed by atoms with E-state index in [1.807, 2.05) is 13.0 Å². The Bertz CT molecular complexity index is 516. The Morgan fingerprint density at radius 2 is 2.39 bits per heavy atom. The zero-order valence-electron chi connectivity index (χ0n) is 10.5. The maximum atomic E-state index is 11.5. The molecule has 5 nitrogen and oxygen atoms in total. The van der Waals surface area contributed by atoms with Crippen LogP contribution in [-0.4, -0.2) is 24.9 Å². The van der Waals surface area contributed by atoms with Crippen molar-refractivity contribution >= 4 is 9.84 Å². The second-order valence-corrected chi connectivity index (χ2v) is 7.19. The summed E-state index contributed by atoms with van der Waals surface area (Å²) in [4.78, 5) is 4.10. The highest BCUT2D eigenvalue weighted by atomic mass is 32.2. The van der Waals surface area contributed by atoms with Crippen molar-refractivity contribution in [3.05, 3.63) is 29.6 Å². The first-order valence-corrected chi connectivity index (χ1v) is 7.91. The van der Waals surface area contributed by atoms with Crippen LogP contribution in [0.3, 0.4) is 0 Å². The molecule has 2 atom stereocenters. The summed E-state index contributed by atoms with van der Waals surface area (Å²) in [6.07, 6.45) is 5.01. The Morgan fingerprint density at radius 1 is 1.61 bits per heavy atom. The summed E-state index contributed by atoms with van der Waals surface area (Å²) in [6.45, 7) is 2.01. The second-order valence-electron chi connectivity index (χ2n) is 4.96. The van der Waals surface area contributed by atoms with Crippen LogP contribution in [0.15, 0.2) is 18.5 Å². The van der Waals surface area contributed by atoms with Gasteiger partial charge in [0.1, 0.15) is 0 Å². The number of sulfone groups is 1. The lowest BCUT2D eigenvalue weighted by atomic mass is 9.93. The van der Waals surface area contributed by atoms with Gasteiger partial charge in [-0.05, 0) is 42.9 Å². The molecule has 1 aromatic rings. The van der Waals surface area contributed by atoms with Gasteiger partial charge in [0.15, 0.2) is 9.84 Å². The van der Waals surface area contributed by atoms with Gasteiger partial charge in [0.25, 0.3) is 0 Å². The molecule has 2 heterocycles. The molecule has 1 fully saturated rings. The number of hydrogen-bond donors (Lipinski definition) is 2. The summed E-state index contributed by atoms with van der Waals surface area (Å²) in [5, 5.41) is 0. The highest BCUT2D eigenvalue weighted by Crippen LogP contribution is 2.29. The molecular formula is C12H19N3O2S. The van der Waals surface area contributed by atoms with Crippen molar-refractivity contribution in [1.82, 2.24) is 10.4 Å². The van der Waals surface area contributed by atoms with Crippen molar-refractivity contribution in [1.29, 1.82) is 0 Å². The average molecular weight is 269 g/mol. The van der Waals surface area contributed by atoms with Gasteiger partial charge < -0.3 is 0 Å². The number of nitrogens with two attached hydrogens (primary N) is 1. The Balaban J connectivity index is 2.09. The molecule has 1 aliphatic rings. The largest absolute Gasteiger partial charge is 0.271 e. The summed E-state index contributed by atoms with van der Waals surface area (Å²) >= 11 is 0. The number of aromatic nitrogens is 1. The maximum Gasteiger partial charge on any atom is 0.150 e. The lowest BCUT2D eigenvalue weighted by Crippen LogP contribution is -2.30. The van der Waals surface area contributed by atoms with E-state index in [2.05, 4.69) is 10.4 Å². The predicted molar refractivity (Wildman–Crippen MR) is 70.4 cm³/mol. The third-order valence-corrected chi connectivity index (χ3v) is 5.39. The molecule has 100 valence electrons. The van der Waals surface area contributed by atoms with Crippen LogP contribution in [0.5, 0.6) is 0 Å². The highest BCUT2D eigenvalue weighted by Gasteiger charge is 2.30. The molecule has 18 heavy (non-hydrogen) atoms. The predicted octanol–water partition coefficient (Wildman–Crippen LogP) is 0.719. The normalized spacial score (nSPS) is 24.0. The molecule has 6 heteroatoms. The summed E-state index contributed by atoms with van der Waals surface area (Å²) < 4.78 is 22.9. The molecule has 0 amide bonds. The van der Waals surface area contributed by atoms with Gasteiger partial charge in [-0.25, -0.2) is 8.42 Å². The Hall–Kier alpha value is -0.980. The van der Waals surface area contributed by atoms with Gasteiger partial charge in [-0.3, -0.25) is 16.3 Å². The zero-order valence-corrected chi connectivity index (χ0v) is 11.3. The zero-order chi connectivity index (χ0) is 13.2. The quantitative estimate of drug-likeness (QED) is 0.621. The standard InChI is InChI=1S/C12H19N3O2S/c1-9-2-4-14-7-11(9)12(15-13)6-10-3-5-18(16,17)8-10/h2,4,7,10,12,15H,3,5-6,8,13H2,1H3. The van der Waals surface area contributed by atoms with Crippen molar-refractivity contribution < 1.29 is 8.42 Å². The van der Waals surface area contributed by atoms with Crippen LogP contribution in [0.1, 0.15) is 30.0 Å². The van der Waals surface area contributed by atoms with E-state index in [4.69, 9.17) is 5.84 Å². The van der Waals surface area contributed by atoms with Crippen LogP contribution < -0.4 is 11.3 Å². The van der Waals surface area contributed by atoms with E-state index >= 15 is 0 Å². The summed E-state index contributed by atoms with van der Waals surface area (Å²) in [6, 6.07) is 1.91. The number of nitrogens with one attached hydrogen (secondary N) is 1. The first-order chi connectivity index (χ1) is 8.52. The Morgan fingerprint density at radius 3 is 2.94 bits per heavy atom. The fourth-order valence-corrected chi connectivity index (χ4v) is 4.40. The van der Waals surface area contributed by atoms with E-state index in [1.54, 1.807) is 12.4 Å². The van der Waals surface area contributed by atoms with Crippen LogP contribution in [0.2, 0.25) is 0 Å². The van der Waals surface area contributed by atoms with Gasteiger partial charge in [-0.15, -0.1) is 0 Å². The summed E-state index contributed by atoms with van der Waals surface area (Å²) in [7, 11) is -2.83. The minimum atomic E-state index is -2.83. The maximum absolute atomic E-state index is 11.5. The smallest absolute Gasteiger partial charge is 0.150 e. The first-order valence-electron chi connectivity index (χ1n) is 6.09. The van der Waals surface area contributed by atoms with Gasteiger partial charge in [-0.1, -0.05) is 0 Å². The number of hydrogen-bond acceptors (Lipinski definition) is 5. The lowest BCUT2D eigenvalue weighted by molar-refractivity contribution is 0.419. The van der Waals surface area contributed by atoms with Crippen molar-refractivity contribution in [2.45, 2.75) is 25.8 Å². The van der Waals surface area contributed by atoms with E-state index in [-0.39, 0.29) is 17.7 Å². The minimum Gasteiger partial charge on any atom is -0.271 e. The molecule has 1 aliphatic heterocycles.